The van der Waals surface area contributed by atoms with E-state index in [1.165, 1.54) is 23.9 Å². The number of piperidine rings is 1. The molecule has 5 heterocycles. The predicted molar refractivity (Wildman–Crippen MR) is 183 cm³/mol. The maximum Gasteiger partial charge on any atom is 0.241 e. The second kappa shape index (κ2) is 13.2. The van der Waals surface area contributed by atoms with Gasteiger partial charge in [0.05, 0.1) is 17.8 Å². The first-order valence-electron chi connectivity index (χ1n) is 15.7. The van der Waals surface area contributed by atoms with Gasteiger partial charge in [0.25, 0.3) is 0 Å². The van der Waals surface area contributed by atoms with Crippen LogP contribution in [0, 0.1) is 11.7 Å². The summed E-state index contributed by atoms with van der Waals surface area (Å²) in [6.45, 7) is 3.10. The summed E-state index contributed by atoms with van der Waals surface area (Å²) in [7, 11) is 0. The molecule has 2 aliphatic rings. The molecule has 0 spiro atoms. The average Bonchev–Trinajstić information content (AvgIpc) is 3.74. The van der Waals surface area contributed by atoms with Gasteiger partial charge in [-0.2, -0.15) is 5.10 Å². The number of aromatic nitrogens is 5. The quantitative estimate of drug-likeness (QED) is 0.215. The van der Waals surface area contributed by atoms with E-state index in [4.69, 9.17) is 0 Å². The number of hydrogen-bond donors (Lipinski definition) is 2. The lowest BCUT2D eigenvalue weighted by atomic mass is 9.92. The summed E-state index contributed by atoms with van der Waals surface area (Å²) in [5.74, 6) is 1.40. The topological polar surface area (TPSA) is 120 Å². The van der Waals surface area contributed by atoms with Crippen molar-refractivity contribution in [1.82, 2.24) is 30.0 Å². The number of pyridine rings is 1. The number of nitrogens with zero attached hydrogens (tertiary/aromatic N) is 6. The highest BCUT2D eigenvalue weighted by Gasteiger charge is 2.45. The molecule has 1 atom stereocenters. The summed E-state index contributed by atoms with van der Waals surface area (Å²) < 4.78 is 12.8. The molecule has 2 aromatic carbocycles. The lowest BCUT2D eigenvalue weighted by Crippen LogP contribution is -2.44. The van der Waals surface area contributed by atoms with Crippen LogP contribution in [0.5, 0.6) is 0 Å². The van der Waals surface area contributed by atoms with E-state index in [9.17, 15) is 14.0 Å². The summed E-state index contributed by atoms with van der Waals surface area (Å²) in [5, 5.41) is 11.4. The molecule has 10 nitrogen and oxygen atoms in total. The van der Waals surface area contributed by atoms with E-state index in [0.29, 0.717) is 43.3 Å². The van der Waals surface area contributed by atoms with E-state index in [-0.39, 0.29) is 23.4 Å². The summed E-state index contributed by atoms with van der Waals surface area (Å²) in [5.41, 5.74) is 3.84. The van der Waals surface area contributed by atoms with Gasteiger partial charge in [0, 0.05) is 72.9 Å². The molecular weight excluding hydrogens is 616 g/mol. The number of nitrogens with one attached hydrogen (secondary N) is 2. The van der Waals surface area contributed by atoms with Crippen LogP contribution in [0.2, 0.25) is 0 Å². The van der Waals surface area contributed by atoms with E-state index in [2.05, 4.69) is 40.3 Å². The van der Waals surface area contributed by atoms with Crippen molar-refractivity contribution in [2.45, 2.75) is 24.0 Å². The van der Waals surface area contributed by atoms with Crippen LogP contribution >= 0.6 is 11.8 Å². The summed E-state index contributed by atoms with van der Waals surface area (Å²) in [6, 6.07) is 17.6. The molecule has 0 bridgehead atoms. The summed E-state index contributed by atoms with van der Waals surface area (Å²) >= 11 is 1.54. The Labute approximate surface area is 276 Å². The van der Waals surface area contributed by atoms with E-state index in [1.54, 1.807) is 36.8 Å². The van der Waals surface area contributed by atoms with Crippen molar-refractivity contribution in [3.63, 3.8) is 0 Å². The highest BCUT2D eigenvalue weighted by molar-refractivity contribution is 8.00. The molecule has 2 aliphatic heterocycles. The number of benzene rings is 2. The number of hydrogen-bond acceptors (Lipinski definition) is 9. The number of carbonyl (C=O) groups is 2. The van der Waals surface area contributed by atoms with E-state index >= 15 is 0 Å². The zero-order valence-electron chi connectivity index (χ0n) is 26.0. The Morgan fingerprint density at radius 2 is 1.77 bits per heavy atom. The molecule has 3 aromatic heterocycles. The minimum absolute atomic E-state index is 0.00154. The first-order chi connectivity index (χ1) is 22.9. The smallest absolute Gasteiger partial charge is 0.241 e. The highest BCUT2D eigenvalue weighted by atomic mass is 32.2. The number of aromatic amines is 1. The lowest BCUT2D eigenvalue weighted by Gasteiger charge is -2.33. The number of amides is 1. The van der Waals surface area contributed by atoms with Gasteiger partial charge in [-0.15, -0.1) is 11.8 Å². The van der Waals surface area contributed by atoms with Gasteiger partial charge in [0.1, 0.15) is 22.2 Å². The molecule has 0 saturated carbocycles. The number of carbonyl (C=O) groups excluding carboxylic acids is 2. The fourth-order valence-corrected chi connectivity index (χ4v) is 7.38. The zero-order valence-corrected chi connectivity index (χ0v) is 26.8. The molecule has 2 fully saturated rings. The minimum Gasteiger partial charge on any atom is -0.357 e. The van der Waals surface area contributed by atoms with Crippen LogP contribution in [-0.2, 0) is 9.59 Å². The third-order valence-corrected chi connectivity index (χ3v) is 10.6. The van der Waals surface area contributed by atoms with Gasteiger partial charge in [-0.05, 0) is 86.2 Å². The number of rotatable bonds is 9. The van der Waals surface area contributed by atoms with E-state index < -0.39 is 4.75 Å². The van der Waals surface area contributed by atoms with Crippen molar-refractivity contribution in [2.24, 2.45) is 5.92 Å². The van der Waals surface area contributed by atoms with Gasteiger partial charge in [0.2, 0.25) is 5.91 Å². The number of fused-ring (bicyclic) bond motifs is 1. The molecule has 12 heteroatoms. The van der Waals surface area contributed by atoms with Crippen LogP contribution in [0.3, 0.4) is 0 Å². The molecule has 1 amide bonds. The SMILES string of the molecule is CS[C@@]1(C(=O)Nc2ccc3[nH]nc(-c4ccc(F)cc4)c3c2)CCN(CC(=O)C2CCN(c3ccc(-c4ncccn4)cn3)CC2)C1. The second-order valence-electron chi connectivity index (χ2n) is 12.2. The first-order valence-corrected chi connectivity index (χ1v) is 17.0. The molecular formula is C35H35FN8O2S. The van der Waals surface area contributed by atoms with Gasteiger partial charge in [-0.3, -0.25) is 19.6 Å². The van der Waals surface area contributed by atoms with Gasteiger partial charge < -0.3 is 10.2 Å². The van der Waals surface area contributed by atoms with Crippen molar-refractivity contribution in [3.8, 4) is 22.6 Å². The summed E-state index contributed by atoms with van der Waals surface area (Å²) in [6.07, 6.45) is 9.41. The molecule has 7 rings (SSSR count). The van der Waals surface area contributed by atoms with Crippen LogP contribution in [0.1, 0.15) is 19.3 Å². The fourth-order valence-electron chi connectivity index (χ4n) is 6.54. The fraction of sp³-hybridized carbons (Fsp3) is 0.314. The number of thioether (sulfide) groups is 1. The monoisotopic (exact) mass is 650 g/mol. The minimum atomic E-state index is -0.655. The van der Waals surface area contributed by atoms with Crippen molar-refractivity contribution in [2.75, 3.05) is 49.2 Å². The maximum absolute atomic E-state index is 13.7. The van der Waals surface area contributed by atoms with E-state index in [0.717, 1.165) is 53.8 Å². The molecule has 2 saturated heterocycles. The Balaban J connectivity index is 0.939. The van der Waals surface area contributed by atoms with Gasteiger partial charge >= 0.3 is 0 Å². The Hall–Kier alpha value is -4.68. The lowest BCUT2D eigenvalue weighted by molar-refractivity contribution is -0.124. The normalized spacial score (nSPS) is 18.9. The molecule has 0 aliphatic carbocycles. The largest absolute Gasteiger partial charge is 0.357 e. The molecule has 2 N–H and O–H groups in total. The molecule has 5 aromatic rings. The molecule has 0 radical (unpaired) electrons. The van der Waals surface area contributed by atoms with Crippen molar-refractivity contribution in [3.05, 3.63) is 85.1 Å². The average molecular weight is 651 g/mol. The predicted octanol–water partition coefficient (Wildman–Crippen LogP) is 5.45. The van der Waals surface area contributed by atoms with Crippen LogP contribution < -0.4 is 10.2 Å². The standard InChI is InChI=1S/C35H35FN8O2S/c1-47-35(34(46)40-27-8-9-29-28(19-27)32(42-41-29)24-3-6-26(36)7-4-24)13-18-43(22-35)21-30(45)23-11-16-44(17-12-23)31-10-5-25(20-39-31)33-37-14-2-15-38-33/h2-10,14-15,19-20,23H,11-13,16-18,21-22H2,1H3,(H,40,46)(H,41,42)/t35-/m0/s1. The van der Waals surface area contributed by atoms with Gasteiger partial charge in [0.15, 0.2) is 5.82 Å². The number of H-pyrrole nitrogens is 1. The number of halogens is 1. The zero-order chi connectivity index (χ0) is 32.4. The number of anilines is 2. The van der Waals surface area contributed by atoms with Crippen LogP contribution in [0.25, 0.3) is 33.5 Å². The van der Waals surface area contributed by atoms with Crippen LogP contribution in [0.4, 0.5) is 15.9 Å². The third kappa shape index (κ3) is 6.48. The van der Waals surface area contributed by atoms with Crippen LogP contribution in [-0.4, -0.2) is 85.5 Å². The maximum atomic E-state index is 13.7. The van der Waals surface area contributed by atoms with Gasteiger partial charge in [-0.1, -0.05) is 0 Å². The third-order valence-electron chi connectivity index (χ3n) is 9.28. The Morgan fingerprint density at radius 3 is 2.49 bits per heavy atom. The van der Waals surface area contributed by atoms with E-state index in [1.807, 2.05) is 36.6 Å². The molecule has 240 valence electrons. The van der Waals surface area contributed by atoms with Crippen molar-refractivity contribution < 1.29 is 14.0 Å². The molecule has 47 heavy (non-hydrogen) atoms. The Kier molecular flexibility index (Phi) is 8.70. The number of Topliss-reactive ketones (excluding diaryl/α,β-unsaturated/α-hetero) is 1. The highest BCUT2D eigenvalue weighted by Crippen LogP contribution is 2.36. The number of likely N-dealkylation sites (tertiary alicyclic amines) is 1. The second-order valence-corrected chi connectivity index (χ2v) is 13.3. The van der Waals surface area contributed by atoms with Crippen molar-refractivity contribution >= 4 is 45.9 Å². The van der Waals surface area contributed by atoms with Crippen molar-refractivity contribution in [1.29, 1.82) is 0 Å². The van der Waals surface area contributed by atoms with Crippen LogP contribution in [0.15, 0.2) is 79.3 Å². The molecule has 0 unspecified atom stereocenters. The van der Waals surface area contributed by atoms with Gasteiger partial charge in [-0.25, -0.2) is 19.3 Å². The summed E-state index contributed by atoms with van der Waals surface area (Å²) in [4.78, 5) is 44.7. The Morgan fingerprint density at radius 1 is 1.00 bits per heavy atom. The number of ketones is 1. The Bertz CT molecular complexity index is 1880. The first kappa shape index (κ1) is 30.9.